The Morgan fingerprint density at radius 3 is 2.44 bits per heavy atom. The SMILES string of the molecule is O=C(c1ccc([N+](=O)[O-])cc1)N1CC[NH+](Cc2cccc(Br)c2)CC1. The average molecular weight is 405 g/mol. The summed E-state index contributed by atoms with van der Waals surface area (Å²) < 4.78 is 1.08. The molecule has 6 nitrogen and oxygen atoms in total. The molecule has 0 bridgehead atoms. The number of benzene rings is 2. The van der Waals surface area contributed by atoms with Crippen molar-refractivity contribution in [2.45, 2.75) is 6.54 Å². The van der Waals surface area contributed by atoms with E-state index in [4.69, 9.17) is 0 Å². The minimum Gasteiger partial charge on any atom is -0.328 e. The molecule has 0 aromatic heterocycles. The summed E-state index contributed by atoms with van der Waals surface area (Å²) in [6.45, 7) is 4.12. The number of non-ortho nitro benzene ring substituents is 1. The van der Waals surface area contributed by atoms with Crippen LogP contribution in [0.3, 0.4) is 0 Å². The third-order valence-corrected chi connectivity index (χ3v) is 4.92. The lowest BCUT2D eigenvalue weighted by molar-refractivity contribution is -0.917. The zero-order chi connectivity index (χ0) is 17.8. The van der Waals surface area contributed by atoms with Gasteiger partial charge in [-0.2, -0.15) is 0 Å². The van der Waals surface area contributed by atoms with E-state index in [0.29, 0.717) is 18.7 Å². The van der Waals surface area contributed by atoms with Crippen molar-refractivity contribution in [3.63, 3.8) is 0 Å². The summed E-state index contributed by atoms with van der Waals surface area (Å²) in [4.78, 5) is 26.0. The molecular formula is C18H19BrN3O3+. The molecular weight excluding hydrogens is 386 g/mol. The number of nitrogens with zero attached hydrogens (tertiary/aromatic N) is 2. The number of hydrogen-bond donors (Lipinski definition) is 1. The maximum Gasteiger partial charge on any atom is 0.269 e. The monoisotopic (exact) mass is 404 g/mol. The molecule has 3 rings (SSSR count). The lowest BCUT2D eigenvalue weighted by atomic mass is 10.1. The first-order valence-electron chi connectivity index (χ1n) is 8.14. The largest absolute Gasteiger partial charge is 0.328 e. The van der Waals surface area contributed by atoms with Gasteiger partial charge < -0.3 is 9.80 Å². The molecule has 1 saturated heterocycles. The molecule has 25 heavy (non-hydrogen) atoms. The van der Waals surface area contributed by atoms with E-state index in [1.54, 1.807) is 0 Å². The first-order chi connectivity index (χ1) is 12.0. The van der Waals surface area contributed by atoms with E-state index >= 15 is 0 Å². The van der Waals surface area contributed by atoms with Crippen molar-refractivity contribution in [2.75, 3.05) is 26.2 Å². The van der Waals surface area contributed by atoms with Gasteiger partial charge in [-0.1, -0.05) is 28.1 Å². The zero-order valence-electron chi connectivity index (χ0n) is 13.7. The van der Waals surface area contributed by atoms with E-state index in [1.165, 1.54) is 34.7 Å². The van der Waals surface area contributed by atoms with Crippen LogP contribution in [0.5, 0.6) is 0 Å². The van der Waals surface area contributed by atoms with Crippen molar-refractivity contribution in [2.24, 2.45) is 0 Å². The predicted octanol–water partition coefficient (Wildman–Crippen LogP) is 1.90. The number of piperazine rings is 1. The third kappa shape index (κ3) is 4.43. The fourth-order valence-electron chi connectivity index (χ4n) is 3.05. The van der Waals surface area contributed by atoms with Crippen molar-refractivity contribution < 1.29 is 14.6 Å². The maximum absolute atomic E-state index is 12.5. The Hall–Kier alpha value is -2.25. The molecule has 2 aromatic rings. The number of nitro benzene ring substituents is 1. The lowest BCUT2D eigenvalue weighted by Gasteiger charge is -2.32. The van der Waals surface area contributed by atoms with Gasteiger partial charge in [0.15, 0.2) is 0 Å². The highest BCUT2D eigenvalue weighted by atomic mass is 79.9. The van der Waals surface area contributed by atoms with E-state index in [0.717, 1.165) is 24.1 Å². The third-order valence-electron chi connectivity index (χ3n) is 4.43. The van der Waals surface area contributed by atoms with Gasteiger partial charge in [-0.3, -0.25) is 14.9 Å². The molecule has 0 saturated carbocycles. The molecule has 0 aliphatic carbocycles. The van der Waals surface area contributed by atoms with Gasteiger partial charge >= 0.3 is 0 Å². The number of halogens is 1. The number of carbonyl (C=O) groups excluding carboxylic acids is 1. The van der Waals surface area contributed by atoms with Crippen LogP contribution in [0.2, 0.25) is 0 Å². The minimum atomic E-state index is -0.460. The molecule has 0 unspecified atom stereocenters. The van der Waals surface area contributed by atoms with Gasteiger partial charge in [0.25, 0.3) is 11.6 Å². The average Bonchev–Trinajstić information content (AvgIpc) is 2.62. The van der Waals surface area contributed by atoms with Crippen molar-refractivity contribution in [1.82, 2.24) is 4.90 Å². The number of rotatable bonds is 4. The summed E-state index contributed by atoms with van der Waals surface area (Å²) >= 11 is 3.49. The van der Waals surface area contributed by atoms with Gasteiger partial charge in [0.1, 0.15) is 6.54 Å². The van der Waals surface area contributed by atoms with Crippen molar-refractivity contribution in [3.8, 4) is 0 Å². The highest BCUT2D eigenvalue weighted by Gasteiger charge is 2.25. The zero-order valence-corrected chi connectivity index (χ0v) is 15.2. The second-order valence-corrected chi connectivity index (χ2v) is 7.07. The second kappa shape index (κ2) is 7.76. The van der Waals surface area contributed by atoms with Crippen LogP contribution < -0.4 is 4.90 Å². The Balaban J connectivity index is 1.56. The molecule has 1 aliphatic heterocycles. The van der Waals surface area contributed by atoms with Crippen molar-refractivity contribution in [3.05, 3.63) is 74.2 Å². The van der Waals surface area contributed by atoms with Crippen molar-refractivity contribution in [1.29, 1.82) is 0 Å². The lowest BCUT2D eigenvalue weighted by Crippen LogP contribution is -3.13. The van der Waals surface area contributed by atoms with E-state index in [2.05, 4.69) is 28.1 Å². The molecule has 7 heteroatoms. The van der Waals surface area contributed by atoms with Gasteiger partial charge in [0.2, 0.25) is 0 Å². The molecule has 1 aliphatic rings. The Labute approximate surface area is 154 Å². The topological polar surface area (TPSA) is 67.9 Å². The smallest absolute Gasteiger partial charge is 0.269 e. The number of hydrogen-bond acceptors (Lipinski definition) is 3. The van der Waals surface area contributed by atoms with Crippen molar-refractivity contribution >= 4 is 27.5 Å². The Kier molecular flexibility index (Phi) is 5.45. The predicted molar refractivity (Wildman–Crippen MR) is 97.5 cm³/mol. The summed E-state index contributed by atoms with van der Waals surface area (Å²) in [6, 6.07) is 14.1. The molecule has 130 valence electrons. The van der Waals surface area contributed by atoms with Gasteiger partial charge in [0, 0.05) is 27.7 Å². The van der Waals surface area contributed by atoms with Gasteiger partial charge in [-0.05, 0) is 24.3 Å². The van der Waals surface area contributed by atoms with Crippen LogP contribution in [0.1, 0.15) is 15.9 Å². The Bertz CT molecular complexity index is 771. The normalized spacial score (nSPS) is 15.2. The Morgan fingerprint density at radius 1 is 1.16 bits per heavy atom. The highest BCUT2D eigenvalue weighted by molar-refractivity contribution is 9.10. The first kappa shape index (κ1) is 17.6. The van der Waals surface area contributed by atoms with Crippen LogP contribution in [-0.4, -0.2) is 41.9 Å². The van der Waals surface area contributed by atoms with E-state index in [1.807, 2.05) is 17.0 Å². The van der Waals surface area contributed by atoms with Crippen LogP contribution in [0.25, 0.3) is 0 Å². The molecule has 1 heterocycles. The standard InChI is InChI=1S/C18H18BrN3O3/c19-16-3-1-2-14(12-16)13-20-8-10-21(11-9-20)18(23)15-4-6-17(7-5-15)22(24)25/h1-7,12H,8-11,13H2/p+1. The quantitative estimate of drug-likeness (QED) is 0.624. The second-order valence-electron chi connectivity index (χ2n) is 6.15. The van der Waals surface area contributed by atoms with Crippen LogP contribution in [0.4, 0.5) is 5.69 Å². The molecule has 1 amide bonds. The highest BCUT2D eigenvalue weighted by Crippen LogP contribution is 2.14. The van der Waals surface area contributed by atoms with Gasteiger partial charge in [-0.15, -0.1) is 0 Å². The number of quaternary nitrogens is 1. The van der Waals surface area contributed by atoms with Gasteiger partial charge in [0.05, 0.1) is 31.1 Å². The number of nitrogens with one attached hydrogen (secondary N) is 1. The maximum atomic E-state index is 12.5. The summed E-state index contributed by atoms with van der Waals surface area (Å²) in [5, 5.41) is 10.7. The molecule has 2 aromatic carbocycles. The summed E-state index contributed by atoms with van der Waals surface area (Å²) in [5.74, 6) is -0.0589. The van der Waals surface area contributed by atoms with Crippen LogP contribution >= 0.6 is 15.9 Å². The molecule has 1 N–H and O–H groups in total. The fraction of sp³-hybridized carbons (Fsp3) is 0.278. The summed E-state index contributed by atoms with van der Waals surface area (Å²) in [7, 11) is 0. The molecule has 0 radical (unpaired) electrons. The number of amides is 1. The molecule has 1 fully saturated rings. The van der Waals surface area contributed by atoms with E-state index < -0.39 is 4.92 Å². The van der Waals surface area contributed by atoms with E-state index in [9.17, 15) is 14.9 Å². The first-order valence-corrected chi connectivity index (χ1v) is 8.94. The molecule has 0 spiro atoms. The van der Waals surface area contributed by atoms with Gasteiger partial charge in [-0.25, -0.2) is 0 Å². The summed E-state index contributed by atoms with van der Waals surface area (Å²) in [5.41, 5.74) is 1.78. The number of nitro groups is 1. The molecule has 0 atom stereocenters. The number of carbonyl (C=O) groups is 1. The van der Waals surface area contributed by atoms with Crippen LogP contribution in [0, 0.1) is 10.1 Å². The fourth-order valence-corrected chi connectivity index (χ4v) is 3.49. The summed E-state index contributed by atoms with van der Waals surface area (Å²) in [6.07, 6.45) is 0. The van der Waals surface area contributed by atoms with E-state index in [-0.39, 0.29) is 11.6 Å². The van der Waals surface area contributed by atoms with Crippen LogP contribution in [0.15, 0.2) is 53.0 Å². The van der Waals surface area contributed by atoms with Crippen LogP contribution in [-0.2, 0) is 6.54 Å². The Morgan fingerprint density at radius 2 is 1.84 bits per heavy atom. The minimum absolute atomic E-state index is 0.000152.